The first kappa shape index (κ1) is 17.2. The lowest BCUT2D eigenvalue weighted by molar-refractivity contribution is -0.181. The standard InChI is InChI=1S/C20H23N3O3S/c1-22-7-4-14-12-15(2-3-17(14)22)18-21-16(13-27-18)19(24)23-8-5-20(6-9-23)25-10-11-26-20/h2-3,12-13H,4-11H2,1H3. The Labute approximate surface area is 162 Å². The van der Waals surface area contributed by atoms with Gasteiger partial charge in [0, 0.05) is 56.2 Å². The third-order valence-corrected chi connectivity index (χ3v) is 6.69. The molecule has 0 saturated carbocycles. The maximum atomic E-state index is 12.9. The molecule has 1 aromatic carbocycles. The molecule has 27 heavy (non-hydrogen) atoms. The Morgan fingerprint density at radius 1 is 1.19 bits per heavy atom. The Morgan fingerprint density at radius 3 is 2.74 bits per heavy atom. The van der Waals surface area contributed by atoms with E-state index in [-0.39, 0.29) is 5.91 Å². The smallest absolute Gasteiger partial charge is 0.273 e. The molecular formula is C20H23N3O3S. The highest BCUT2D eigenvalue weighted by molar-refractivity contribution is 7.13. The summed E-state index contributed by atoms with van der Waals surface area (Å²) in [6.45, 7) is 3.66. The molecule has 0 N–H and O–H groups in total. The molecule has 0 atom stereocenters. The van der Waals surface area contributed by atoms with E-state index in [2.05, 4.69) is 35.1 Å². The van der Waals surface area contributed by atoms with Crippen LogP contribution in [0.4, 0.5) is 5.69 Å². The molecule has 1 amide bonds. The second kappa shape index (κ2) is 6.58. The summed E-state index contributed by atoms with van der Waals surface area (Å²) < 4.78 is 11.5. The van der Waals surface area contributed by atoms with Crippen molar-refractivity contribution in [3.05, 3.63) is 34.8 Å². The molecule has 4 heterocycles. The average molecular weight is 385 g/mol. The van der Waals surface area contributed by atoms with Crippen molar-refractivity contribution in [2.24, 2.45) is 0 Å². The SMILES string of the molecule is CN1CCc2cc(-c3nc(C(=O)N4CCC5(CC4)OCCO5)cs3)ccc21. The van der Waals surface area contributed by atoms with Crippen LogP contribution < -0.4 is 4.90 Å². The maximum Gasteiger partial charge on any atom is 0.273 e. The summed E-state index contributed by atoms with van der Waals surface area (Å²) in [7, 11) is 2.12. The van der Waals surface area contributed by atoms with Crippen molar-refractivity contribution in [1.29, 1.82) is 0 Å². The van der Waals surface area contributed by atoms with Gasteiger partial charge in [0.05, 0.1) is 13.2 Å². The fraction of sp³-hybridized carbons (Fsp3) is 0.500. The van der Waals surface area contributed by atoms with E-state index in [1.54, 1.807) is 0 Å². The first-order valence-corrected chi connectivity index (χ1v) is 10.4. The van der Waals surface area contributed by atoms with Crippen molar-refractivity contribution in [1.82, 2.24) is 9.88 Å². The van der Waals surface area contributed by atoms with E-state index in [9.17, 15) is 4.79 Å². The molecule has 142 valence electrons. The zero-order valence-corrected chi connectivity index (χ0v) is 16.3. The number of aromatic nitrogens is 1. The topological polar surface area (TPSA) is 54.9 Å². The van der Waals surface area contributed by atoms with Crippen LogP contribution in [-0.2, 0) is 15.9 Å². The van der Waals surface area contributed by atoms with Crippen molar-refractivity contribution < 1.29 is 14.3 Å². The molecule has 0 bridgehead atoms. The Hall–Kier alpha value is -1.96. The lowest BCUT2D eigenvalue weighted by Gasteiger charge is -2.37. The fourth-order valence-electron chi connectivity index (χ4n) is 4.20. The summed E-state index contributed by atoms with van der Waals surface area (Å²) in [5.74, 6) is -0.451. The van der Waals surface area contributed by atoms with Gasteiger partial charge in [0.15, 0.2) is 5.79 Å². The number of ether oxygens (including phenoxy) is 2. The third kappa shape index (κ3) is 3.03. The maximum absolute atomic E-state index is 12.9. The minimum Gasteiger partial charge on any atom is -0.374 e. The lowest BCUT2D eigenvalue weighted by Crippen LogP contribution is -2.47. The normalized spacial score (nSPS) is 21.1. The van der Waals surface area contributed by atoms with Gasteiger partial charge in [-0.05, 0) is 30.2 Å². The van der Waals surface area contributed by atoms with E-state index in [0.29, 0.717) is 32.0 Å². The number of thiazole rings is 1. The van der Waals surface area contributed by atoms with Crippen LogP contribution in [0.5, 0.6) is 0 Å². The first-order chi connectivity index (χ1) is 13.1. The van der Waals surface area contributed by atoms with E-state index in [4.69, 9.17) is 9.47 Å². The zero-order chi connectivity index (χ0) is 18.4. The zero-order valence-electron chi connectivity index (χ0n) is 15.4. The van der Waals surface area contributed by atoms with Crippen LogP contribution >= 0.6 is 11.3 Å². The van der Waals surface area contributed by atoms with Gasteiger partial charge in [-0.25, -0.2) is 4.98 Å². The van der Waals surface area contributed by atoms with Gasteiger partial charge in [-0.1, -0.05) is 0 Å². The van der Waals surface area contributed by atoms with Crippen LogP contribution in [-0.4, -0.2) is 61.5 Å². The van der Waals surface area contributed by atoms with E-state index >= 15 is 0 Å². The Bertz CT molecular complexity index is 865. The molecule has 0 radical (unpaired) electrons. The predicted octanol–water partition coefficient (Wildman–Crippen LogP) is 2.78. The Balaban J connectivity index is 1.30. The number of fused-ring (bicyclic) bond motifs is 1. The number of hydrogen-bond acceptors (Lipinski definition) is 6. The predicted molar refractivity (Wildman–Crippen MR) is 104 cm³/mol. The van der Waals surface area contributed by atoms with Gasteiger partial charge >= 0.3 is 0 Å². The molecule has 3 aliphatic rings. The number of rotatable bonds is 2. The Kier molecular flexibility index (Phi) is 4.18. The van der Waals surface area contributed by atoms with Crippen molar-refractivity contribution in [3.8, 4) is 10.6 Å². The minimum absolute atomic E-state index is 0.00578. The number of likely N-dealkylation sites (N-methyl/N-ethyl adjacent to an activating group) is 1. The van der Waals surface area contributed by atoms with Crippen molar-refractivity contribution >= 4 is 22.9 Å². The summed E-state index contributed by atoms with van der Waals surface area (Å²) in [6.07, 6.45) is 2.53. The van der Waals surface area contributed by atoms with E-state index < -0.39 is 5.79 Å². The summed E-state index contributed by atoms with van der Waals surface area (Å²) in [5, 5.41) is 2.79. The van der Waals surface area contributed by atoms with Crippen LogP contribution in [0, 0.1) is 0 Å². The molecule has 2 aromatic rings. The van der Waals surface area contributed by atoms with E-state index in [1.165, 1.54) is 22.6 Å². The van der Waals surface area contributed by atoms with Gasteiger partial charge < -0.3 is 19.3 Å². The number of likely N-dealkylation sites (tertiary alicyclic amines) is 1. The van der Waals surface area contributed by atoms with Gasteiger partial charge in [0.2, 0.25) is 0 Å². The number of anilines is 1. The molecule has 7 heteroatoms. The van der Waals surface area contributed by atoms with E-state index in [0.717, 1.165) is 36.4 Å². The molecule has 0 unspecified atom stereocenters. The quantitative estimate of drug-likeness (QED) is 0.796. The van der Waals surface area contributed by atoms with Crippen molar-refractivity contribution in [3.63, 3.8) is 0 Å². The first-order valence-electron chi connectivity index (χ1n) is 9.51. The molecule has 1 aromatic heterocycles. The molecule has 3 aliphatic heterocycles. The highest BCUT2D eigenvalue weighted by atomic mass is 32.1. The number of carbonyl (C=O) groups excluding carboxylic acids is 1. The van der Waals surface area contributed by atoms with Crippen LogP contribution in [0.2, 0.25) is 0 Å². The van der Waals surface area contributed by atoms with Crippen LogP contribution in [0.1, 0.15) is 28.9 Å². The van der Waals surface area contributed by atoms with Gasteiger partial charge in [-0.3, -0.25) is 4.79 Å². The highest BCUT2D eigenvalue weighted by Gasteiger charge is 2.41. The van der Waals surface area contributed by atoms with Crippen LogP contribution in [0.3, 0.4) is 0 Å². The minimum atomic E-state index is -0.457. The second-order valence-electron chi connectivity index (χ2n) is 7.45. The number of hydrogen-bond donors (Lipinski definition) is 0. The number of piperidine rings is 1. The van der Waals surface area contributed by atoms with E-state index in [1.807, 2.05) is 10.3 Å². The number of carbonyl (C=O) groups is 1. The van der Waals surface area contributed by atoms with Crippen LogP contribution in [0.25, 0.3) is 10.6 Å². The second-order valence-corrected chi connectivity index (χ2v) is 8.31. The van der Waals surface area contributed by atoms with Crippen molar-refractivity contribution in [2.75, 3.05) is 44.8 Å². The fourth-order valence-corrected chi connectivity index (χ4v) is 4.99. The summed E-state index contributed by atoms with van der Waals surface area (Å²) >= 11 is 1.54. The third-order valence-electron chi connectivity index (χ3n) is 5.80. The molecule has 6 nitrogen and oxygen atoms in total. The largest absolute Gasteiger partial charge is 0.374 e. The molecule has 5 rings (SSSR count). The monoisotopic (exact) mass is 385 g/mol. The number of benzene rings is 1. The molecule has 2 saturated heterocycles. The highest BCUT2D eigenvalue weighted by Crippen LogP contribution is 2.34. The summed E-state index contributed by atoms with van der Waals surface area (Å²) in [5.41, 5.74) is 4.29. The Morgan fingerprint density at radius 2 is 1.96 bits per heavy atom. The number of nitrogens with zero attached hydrogens (tertiary/aromatic N) is 3. The van der Waals surface area contributed by atoms with Gasteiger partial charge in [0.25, 0.3) is 5.91 Å². The van der Waals surface area contributed by atoms with Gasteiger partial charge in [-0.15, -0.1) is 11.3 Å². The summed E-state index contributed by atoms with van der Waals surface area (Å²) in [6, 6.07) is 6.48. The molecule has 0 aliphatic carbocycles. The molecule has 2 fully saturated rings. The van der Waals surface area contributed by atoms with Crippen molar-refractivity contribution in [2.45, 2.75) is 25.0 Å². The molecular weight excluding hydrogens is 362 g/mol. The lowest BCUT2D eigenvalue weighted by atomic mass is 10.0. The van der Waals surface area contributed by atoms with Gasteiger partial charge in [-0.2, -0.15) is 0 Å². The molecule has 1 spiro atoms. The summed E-state index contributed by atoms with van der Waals surface area (Å²) in [4.78, 5) is 21.6. The van der Waals surface area contributed by atoms with Crippen LogP contribution in [0.15, 0.2) is 23.6 Å². The van der Waals surface area contributed by atoms with Gasteiger partial charge in [0.1, 0.15) is 10.7 Å². The average Bonchev–Trinajstić information content (AvgIpc) is 3.43. The number of amides is 1.